The maximum Gasteiger partial charge on any atom is 0.123 e. The van der Waals surface area contributed by atoms with Gasteiger partial charge in [0.05, 0.1) is 0 Å². The molecule has 1 aliphatic rings. The average Bonchev–Trinajstić information content (AvgIpc) is 1.99. The van der Waals surface area contributed by atoms with Crippen molar-refractivity contribution in [3.63, 3.8) is 0 Å². The summed E-state index contributed by atoms with van der Waals surface area (Å²) < 4.78 is 5.51. The molecule has 3 nitrogen and oxygen atoms in total. The maximum atomic E-state index is 5.51. The molecular weight excluding hydrogens is 140 g/mol. The van der Waals surface area contributed by atoms with E-state index in [1.54, 1.807) is 0 Å². The van der Waals surface area contributed by atoms with E-state index in [9.17, 15) is 0 Å². The lowest BCUT2D eigenvalue weighted by atomic mass is 10.2. The van der Waals surface area contributed by atoms with Gasteiger partial charge in [0.2, 0.25) is 0 Å². The Morgan fingerprint density at radius 2 is 2.36 bits per heavy atom. The summed E-state index contributed by atoms with van der Waals surface area (Å²) in [6.07, 6.45) is 0.221. The quantitative estimate of drug-likeness (QED) is 0.624. The fourth-order valence-corrected chi connectivity index (χ4v) is 1.37. The van der Waals surface area contributed by atoms with Gasteiger partial charge in [0.15, 0.2) is 0 Å². The summed E-state index contributed by atoms with van der Waals surface area (Å²) >= 11 is 0. The lowest BCUT2D eigenvalue weighted by Gasteiger charge is -2.37. The summed E-state index contributed by atoms with van der Waals surface area (Å²) in [6, 6.07) is 0.490. The Hall–Kier alpha value is -0.120. The van der Waals surface area contributed by atoms with Crippen molar-refractivity contribution in [3.8, 4) is 0 Å². The van der Waals surface area contributed by atoms with Crippen molar-refractivity contribution >= 4 is 0 Å². The Balaban J connectivity index is 2.38. The summed E-state index contributed by atoms with van der Waals surface area (Å²) in [5, 5.41) is 3.34. The topological polar surface area (TPSA) is 24.5 Å². The van der Waals surface area contributed by atoms with Crippen LogP contribution in [-0.4, -0.2) is 43.9 Å². The van der Waals surface area contributed by atoms with Crippen LogP contribution in [-0.2, 0) is 4.74 Å². The van der Waals surface area contributed by atoms with E-state index in [0.717, 1.165) is 19.7 Å². The number of hydrogen-bond donors (Lipinski definition) is 1. The molecule has 1 rings (SSSR count). The number of rotatable bonds is 2. The lowest BCUT2D eigenvalue weighted by Crippen LogP contribution is -2.56. The molecule has 11 heavy (non-hydrogen) atoms. The predicted octanol–water partition coefficient (Wildman–Crippen LogP) is 0.272. The van der Waals surface area contributed by atoms with Crippen LogP contribution in [0.5, 0.6) is 0 Å². The summed E-state index contributed by atoms with van der Waals surface area (Å²) in [5.74, 6) is 0. The van der Waals surface area contributed by atoms with Gasteiger partial charge in [-0.05, 0) is 20.9 Å². The minimum Gasteiger partial charge on any atom is -0.362 e. The minimum absolute atomic E-state index is 0.221. The first kappa shape index (κ1) is 8.97. The van der Waals surface area contributed by atoms with Crippen LogP contribution in [0.3, 0.4) is 0 Å². The summed E-state index contributed by atoms with van der Waals surface area (Å²) in [6.45, 7) is 7.15. The zero-order valence-electron chi connectivity index (χ0n) is 7.63. The van der Waals surface area contributed by atoms with Crippen molar-refractivity contribution in [1.29, 1.82) is 0 Å². The molecule has 2 unspecified atom stereocenters. The second-order valence-corrected chi connectivity index (χ2v) is 3.05. The average molecular weight is 158 g/mol. The Bertz CT molecular complexity index is 117. The highest BCUT2D eigenvalue weighted by Crippen LogP contribution is 2.06. The standard InChI is InChI=1S/C8H18N2O/c1-4-11-8-7(2)10(3)6-5-9-8/h7-9H,4-6H2,1-3H3. The number of hydrogen-bond acceptors (Lipinski definition) is 3. The Morgan fingerprint density at radius 1 is 1.64 bits per heavy atom. The smallest absolute Gasteiger partial charge is 0.123 e. The molecule has 0 amide bonds. The van der Waals surface area contributed by atoms with Gasteiger partial charge in [-0.3, -0.25) is 10.2 Å². The molecule has 2 atom stereocenters. The van der Waals surface area contributed by atoms with Gasteiger partial charge >= 0.3 is 0 Å². The van der Waals surface area contributed by atoms with Gasteiger partial charge in [0.1, 0.15) is 6.23 Å². The van der Waals surface area contributed by atoms with Crippen molar-refractivity contribution in [2.45, 2.75) is 26.1 Å². The normalized spacial score (nSPS) is 34.1. The van der Waals surface area contributed by atoms with Crippen molar-refractivity contribution in [3.05, 3.63) is 0 Å². The van der Waals surface area contributed by atoms with E-state index in [2.05, 4.69) is 24.2 Å². The Morgan fingerprint density at radius 3 is 3.00 bits per heavy atom. The zero-order valence-corrected chi connectivity index (χ0v) is 7.63. The first-order valence-electron chi connectivity index (χ1n) is 4.31. The fourth-order valence-electron chi connectivity index (χ4n) is 1.37. The van der Waals surface area contributed by atoms with Crippen molar-refractivity contribution in [2.75, 3.05) is 26.7 Å². The molecule has 1 aliphatic heterocycles. The molecule has 0 aromatic heterocycles. The molecule has 0 radical (unpaired) electrons. The zero-order chi connectivity index (χ0) is 8.27. The molecule has 0 aromatic carbocycles. The van der Waals surface area contributed by atoms with E-state index >= 15 is 0 Å². The Kier molecular flexibility index (Phi) is 3.30. The van der Waals surface area contributed by atoms with E-state index < -0.39 is 0 Å². The van der Waals surface area contributed by atoms with Crippen molar-refractivity contribution in [2.24, 2.45) is 0 Å². The van der Waals surface area contributed by atoms with Gasteiger partial charge in [-0.15, -0.1) is 0 Å². The highest BCUT2D eigenvalue weighted by Gasteiger charge is 2.24. The molecule has 0 aromatic rings. The van der Waals surface area contributed by atoms with E-state index in [1.807, 2.05) is 6.92 Å². The number of likely N-dealkylation sites (N-methyl/N-ethyl adjacent to an activating group) is 1. The van der Waals surface area contributed by atoms with Crippen LogP contribution in [0.1, 0.15) is 13.8 Å². The molecular formula is C8H18N2O. The second-order valence-electron chi connectivity index (χ2n) is 3.05. The highest BCUT2D eigenvalue weighted by atomic mass is 16.5. The third-order valence-electron chi connectivity index (χ3n) is 2.29. The SMILES string of the molecule is CCOC1NCCN(C)C1C. The van der Waals surface area contributed by atoms with Crippen LogP contribution in [0.4, 0.5) is 0 Å². The van der Waals surface area contributed by atoms with Gasteiger partial charge in [0, 0.05) is 25.7 Å². The molecule has 0 saturated carbocycles. The first-order chi connectivity index (χ1) is 5.25. The van der Waals surface area contributed by atoms with Crippen LogP contribution in [0.15, 0.2) is 0 Å². The van der Waals surface area contributed by atoms with Gasteiger partial charge in [-0.2, -0.15) is 0 Å². The van der Waals surface area contributed by atoms with E-state index in [0.29, 0.717) is 6.04 Å². The molecule has 1 N–H and O–H groups in total. The summed E-state index contributed by atoms with van der Waals surface area (Å²) in [5.41, 5.74) is 0. The first-order valence-corrected chi connectivity index (χ1v) is 4.31. The van der Waals surface area contributed by atoms with Crippen molar-refractivity contribution < 1.29 is 4.74 Å². The predicted molar refractivity (Wildman–Crippen MR) is 45.5 cm³/mol. The van der Waals surface area contributed by atoms with Crippen LogP contribution >= 0.6 is 0 Å². The molecule has 0 aliphatic carbocycles. The minimum atomic E-state index is 0.221. The fraction of sp³-hybridized carbons (Fsp3) is 1.00. The van der Waals surface area contributed by atoms with Gasteiger partial charge in [0.25, 0.3) is 0 Å². The van der Waals surface area contributed by atoms with Crippen LogP contribution in [0, 0.1) is 0 Å². The molecule has 3 heteroatoms. The molecule has 1 saturated heterocycles. The van der Waals surface area contributed by atoms with Gasteiger partial charge in [-0.25, -0.2) is 0 Å². The lowest BCUT2D eigenvalue weighted by molar-refractivity contribution is -0.0367. The number of piperazine rings is 1. The summed E-state index contributed by atoms with van der Waals surface area (Å²) in [4.78, 5) is 2.32. The second kappa shape index (κ2) is 4.04. The van der Waals surface area contributed by atoms with E-state index in [1.165, 1.54) is 0 Å². The highest BCUT2D eigenvalue weighted by molar-refractivity contribution is 4.78. The number of nitrogens with zero attached hydrogens (tertiary/aromatic N) is 1. The molecule has 0 bridgehead atoms. The van der Waals surface area contributed by atoms with Gasteiger partial charge in [-0.1, -0.05) is 0 Å². The summed E-state index contributed by atoms with van der Waals surface area (Å²) in [7, 11) is 2.14. The van der Waals surface area contributed by atoms with Crippen LogP contribution in [0.2, 0.25) is 0 Å². The van der Waals surface area contributed by atoms with Crippen LogP contribution < -0.4 is 5.32 Å². The van der Waals surface area contributed by atoms with Crippen molar-refractivity contribution in [1.82, 2.24) is 10.2 Å². The molecule has 1 fully saturated rings. The molecule has 1 heterocycles. The molecule has 0 spiro atoms. The van der Waals surface area contributed by atoms with Crippen LogP contribution in [0.25, 0.3) is 0 Å². The number of nitrogens with one attached hydrogen (secondary N) is 1. The van der Waals surface area contributed by atoms with E-state index in [-0.39, 0.29) is 6.23 Å². The van der Waals surface area contributed by atoms with E-state index in [4.69, 9.17) is 4.74 Å². The Labute approximate surface area is 68.7 Å². The third-order valence-corrected chi connectivity index (χ3v) is 2.29. The monoisotopic (exact) mass is 158 g/mol. The van der Waals surface area contributed by atoms with Gasteiger partial charge < -0.3 is 4.74 Å². The third kappa shape index (κ3) is 2.15. The number of ether oxygens (including phenoxy) is 1. The maximum absolute atomic E-state index is 5.51. The largest absolute Gasteiger partial charge is 0.362 e. The molecule has 66 valence electrons.